The van der Waals surface area contributed by atoms with Crippen molar-refractivity contribution in [2.75, 3.05) is 7.11 Å². The highest BCUT2D eigenvalue weighted by Crippen LogP contribution is 2.35. The number of carbonyl (C=O) groups excluding carboxylic acids is 2. The van der Waals surface area contributed by atoms with Crippen molar-refractivity contribution in [1.82, 2.24) is 5.32 Å². The molecule has 0 bridgehead atoms. The average molecular weight is 444 g/mol. The average Bonchev–Trinajstić information content (AvgIpc) is 2.64. The third-order valence-electron chi connectivity index (χ3n) is 5.19. The Labute approximate surface area is 176 Å². The number of benzene rings is 1. The Morgan fingerprint density at radius 3 is 2.13 bits per heavy atom. The third-order valence-corrected chi connectivity index (χ3v) is 9.74. The number of nitrogens with one attached hydrogen (secondary N) is 1. The van der Waals surface area contributed by atoms with Crippen molar-refractivity contribution in [1.29, 1.82) is 0 Å². The maximum Gasteiger partial charge on any atom is 0.416 e. The maximum atomic E-state index is 12.7. The van der Waals surface area contributed by atoms with Gasteiger partial charge in [0.05, 0.1) is 12.7 Å². The molecule has 166 valence electrons. The second-order valence-corrected chi connectivity index (χ2v) is 13.5. The van der Waals surface area contributed by atoms with Gasteiger partial charge >= 0.3 is 12.1 Å². The van der Waals surface area contributed by atoms with E-state index >= 15 is 0 Å². The normalized spacial score (nSPS) is 14.2. The molecule has 0 heterocycles. The zero-order valence-electron chi connectivity index (χ0n) is 18.0. The van der Waals surface area contributed by atoms with E-state index in [0.717, 1.165) is 31.4 Å². The first-order chi connectivity index (χ1) is 13.6. The first-order valence-electron chi connectivity index (χ1n) is 9.33. The Hall–Kier alpha value is -2.31. The smallest absolute Gasteiger partial charge is 0.416 e. The summed E-state index contributed by atoms with van der Waals surface area (Å²) in [7, 11) is -0.757. The Morgan fingerprint density at radius 1 is 1.17 bits per heavy atom. The van der Waals surface area contributed by atoms with Crippen molar-refractivity contribution in [3.8, 4) is 11.5 Å². The van der Waals surface area contributed by atoms with E-state index < -0.39 is 43.8 Å². The van der Waals surface area contributed by atoms with Crippen LogP contribution in [0.3, 0.4) is 0 Å². The highest BCUT2D eigenvalue weighted by atomic mass is 28.3. The lowest BCUT2D eigenvalue weighted by Crippen LogP contribution is -2.43. The molecule has 2 N–H and O–H groups in total. The van der Waals surface area contributed by atoms with Gasteiger partial charge in [-0.25, -0.2) is 4.79 Å². The number of ether oxygens (including phenoxy) is 1. The standard InChI is InChI=1S/C21H28F3NO4Si/c1-20(2,3)30(5,6)13-7-8-16(19(28)29-4)25-18(27)17(26)14-9-11-15(12-10-14)21(22,23)24/h9-12,16-17,26H,8H2,1-6H3,(H,25,27)/t16-,17-/m1/s1. The first kappa shape index (κ1) is 25.7. The highest BCUT2D eigenvalue weighted by Gasteiger charge is 2.34. The van der Waals surface area contributed by atoms with E-state index in [1.807, 2.05) is 0 Å². The summed E-state index contributed by atoms with van der Waals surface area (Å²) in [5.74, 6) is 1.28. The van der Waals surface area contributed by atoms with Gasteiger partial charge in [-0.3, -0.25) is 4.79 Å². The Balaban J connectivity index is 2.93. The fraction of sp³-hybridized carbons (Fsp3) is 0.524. The summed E-state index contributed by atoms with van der Waals surface area (Å²) >= 11 is 0. The molecule has 1 aromatic carbocycles. The number of aliphatic hydroxyl groups is 1. The number of rotatable bonds is 5. The zero-order valence-corrected chi connectivity index (χ0v) is 19.0. The van der Waals surface area contributed by atoms with Crippen LogP contribution >= 0.6 is 0 Å². The van der Waals surface area contributed by atoms with Crippen LogP contribution in [-0.4, -0.2) is 38.2 Å². The summed E-state index contributed by atoms with van der Waals surface area (Å²) in [4.78, 5) is 24.4. The first-order valence-corrected chi connectivity index (χ1v) is 12.3. The SMILES string of the molecule is COC(=O)[C@@H](CC#C[Si](C)(C)C(C)(C)C)NC(=O)[C@H](O)c1ccc(C(F)(F)F)cc1. The molecule has 0 unspecified atom stereocenters. The van der Waals surface area contributed by atoms with Crippen molar-refractivity contribution in [2.45, 2.75) is 63.6 Å². The summed E-state index contributed by atoms with van der Waals surface area (Å²) in [6.07, 6.45) is -6.28. The van der Waals surface area contributed by atoms with E-state index in [4.69, 9.17) is 0 Å². The Kier molecular flexibility index (Phi) is 8.29. The molecule has 0 aliphatic heterocycles. The highest BCUT2D eigenvalue weighted by molar-refractivity contribution is 6.87. The minimum Gasteiger partial charge on any atom is -0.467 e. The van der Waals surface area contributed by atoms with Gasteiger partial charge in [0.2, 0.25) is 0 Å². The predicted molar refractivity (Wildman–Crippen MR) is 110 cm³/mol. The molecule has 0 aliphatic rings. The van der Waals surface area contributed by atoms with Crippen LogP contribution in [0.15, 0.2) is 24.3 Å². The van der Waals surface area contributed by atoms with Crippen LogP contribution in [0, 0.1) is 11.5 Å². The van der Waals surface area contributed by atoms with Crippen molar-refractivity contribution in [3.05, 3.63) is 35.4 Å². The number of esters is 1. The predicted octanol–water partition coefficient (Wildman–Crippen LogP) is 3.84. The summed E-state index contributed by atoms with van der Waals surface area (Å²) in [5.41, 5.74) is 2.30. The van der Waals surface area contributed by atoms with Gasteiger partial charge in [0.15, 0.2) is 6.10 Å². The van der Waals surface area contributed by atoms with Crippen molar-refractivity contribution < 1.29 is 32.6 Å². The lowest BCUT2D eigenvalue weighted by atomic mass is 10.1. The Bertz CT molecular complexity index is 818. The number of amides is 1. The molecule has 5 nitrogen and oxygen atoms in total. The second kappa shape index (κ2) is 9.66. The summed E-state index contributed by atoms with van der Waals surface area (Å²) in [6, 6.07) is 2.46. The lowest BCUT2D eigenvalue weighted by molar-refractivity contribution is -0.146. The van der Waals surface area contributed by atoms with Crippen LogP contribution in [0.25, 0.3) is 0 Å². The van der Waals surface area contributed by atoms with Gasteiger partial charge in [-0.05, 0) is 22.7 Å². The summed E-state index contributed by atoms with van der Waals surface area (Å²) in [6.45, 7) is 10.5. The maximum absolute atomic E-state index is 12.7. The van der Waals surface area contributed by atoms with Crippen molar-refractivity contribution in [3.63, 3.8) is 0 Å². The molecule has 0 fully saturated rings. The lowest BCUT2D eigenvalue weighted by Gasteiger charge is -2.31. The van der Waals surface area contributed by atoms with Crippen LogP contribution in [0.4, 0.5) is 13.2 Å². The minimum atomic E-state index is -4.52. The molecule has 0 saturated heterocycles. The van der Waals surface area contributed by atoms with Crippen LogP contribution < -0.4 is 5.32 Å². The number of methoxy groups -OCH3 is 1. The molecule has 2 atom stereocenters. The van der Waals surface area contributed by atoms with Crippen molar-refractivity contribution in [2.24, 2.45) is 0 Å². The van der Waals surface area contributed by atoms with Gasteiger partial charge in [0.25, 0.3) is 5.91 Å². The van der Waals surface area contributed by atoms with Crippen LogP contribution in [0.5, 0.6) is 0 Å². The molecule has 0 aliphatic carbocycles. The summed E-state index contributed by atoms with van der Waals surface area (Å²) < 4.78 is 42.6. The number of hydrogen-bond donors (Lipinski definition) is 2. The van der Waals surface area contributed by atoms with E-state index in [1.54, 1.807) is 0 Å². The molecule has 1 rings (SSSR count). The topological polar surface area (TPSA) is 75.6 Å². The Morgan fingerprint density at radius 2 is 1.70 bits per heavy atom. The molecule has 1 aromatic rings. The van der Waals surface area contributed by atoms with E-state index in [-0.39, 0.29) is 17.0 Å². The van der Waals surface area contributed by atoms with Crippen LogP contribution in [0.1, 0.15) is 44.4 Å². The fourth-order valence-electron chi connectivity index (χ4n) is 2.15. The van der Waals surface area contributed by atoms with Gasteiger partial charge < -0.3 is 15.2 Å². The van der Waals surface area contributed by atoms with Gasteiger partial charge in [-0.2, -0.15) is 13.2 Å². The molecular weight excluding hydrogens is 415 g/mol. The van der Waals surface area contributed by atoms with Gasteiger partial charge in [0.1, 0.15) is 14.1 Å². The van der Waals surface area contributed by atoms with Gasteiger partial charge in [-0.1, -0.05) is 46.0 Å². The van der Waals surface area contributed by atoms with E-state index in [2.05, 4.69) is 55.4 Å². The van der Waals surface area contributed by atoms with Crippen LogP contribution in [0.2, 0.25) is 18.1 Å². The number of carbonyl (C=O) groups is 2. The third kappa shape index (κ3) is 6.88. The van der Waals surface area contributed by atoms with Gasteiger partial charge in [0, 0.05) is 6.42 Å². The number of alkyl halides is 3. The number of halogens is 3. The molecule has 1 amide bonds. The molecule has 0 aromatic heterocycles. The van der Waals surface area contributed by atoms with Gasteiger partial charge in [-0.15, -0.1) is 11.5 Å². The molecule has 0 radical (unpaired) electrons. The molecule has 30 heavy (non-hydrogen) atoms. The minimum absolute atomic E-state index is 0.00927. The van der Waals surface area contributed by atoms with E-state index in [0.29, 0.717) is 0 Å². The van der Waals surface area contributed by atoms with Crippen molar-refractivity contribution >= 4 is 20.0 Å². The molecular formula is C21H28F3NO4Si. The summed E-state index contributed by atoms with van der Waals surface area (Å²) in [5, 5.41) is 12.6. The quantitative estimate of drug-likeness (QED) is 0.412. The van der Waals surface area contributed by atoms with E-state index in [1.165, 1.54) is 0 Å². The largest absolute Gasteiger partial charge is 0.467 e. The van der Waals surface area contributed by atoms with E-state index in [9.17, 15) is 27.9 Å². The monoisotopic (exact) mass is 443 g/mol. The van der Waals surface area contributed by atoms with Crippen LogP contribution in [-0.2, 0) is 20.5 Å². The number of hydrogen-bond acceptors (Lipinski definition) is 4. The molecule has 9 heteroatoms. The second-order valence-electron chi connectivity index (χ2n) is 8.49. The number of aliphatic hydroxyl groups excluding tert-OH is 1. The fourth-order valence-corrected chi connectivity index (χ4v) is 3.07. The molecule has 0 spiro atoms. The molecule has 0 saturated carbocycles. The zero-order chi connectivity index (χ0) is 23.3.